The van der Waals surface area contributed by atoms with E-state index in [4.69, 9.17) is 47.1 Å². The number of aliphatic imine (C=N–C) groups is 1. The zero-order chi connectivity index (χ0) is 67.0. The predicted molar refractivity (Wildman–Crippen MR) is 339 cm³/mol. The number of fused-ring (bicyclic) bond motifs is 4. The van der Waals surface area contributed by atoms with Crippen LogP contribution in [0.4, 0.5) is 10.5 Å². The summed E-state index contributed by atoms with van der Waals surface area (Å²) in [6, 6.07) is 5.36. The number of carbonyl (C=O) groups excluding carboxylic acids is 6. The number of benzene rings is 3. The lowest BCUT2D eigenvalue weighted by Gasteiger charge is -2.25. The SMILES string of the molecule is COc1cc2[nH]cc(C(=O)N3C[C@@H](CCl)c4c3cc(OC(=O)OCCSSC[C@H](NC(=O)[C@H](CC(=O)O)NC(=O)[C@H](CCCN=C(N)N)NC(=O)[C@H](CC(=O)O)NC(=O)CCCCn3cc(CCCC(=O)O)nn3)C(=O)O)c3ccccc43)c2cc1OCCN(C)C. The van der Waals surface area contributed by atoms with Crippen molar-refractivity contribution in [1.82, 2.24) is 46.1 Å². The molecule has 13 N–H and O–H groups in total. The summed E-state index contributed by atoms with van der Waals surface area (Å²) in [4.78, 5) is 140. The molecule has 6 rings (SSSR count). The van der Waals surface area contributed by atoms with Gasteiger partial charge in [0, 0.05) is 97.6 Å². The van der Waals surface area contributed by atoms with Crippen LogP contribution in [-0.4, -0.2) is 206 Å². The van der Waals surface area contributed by atoms with Gasteiger partial charge >= 0.3 is 30.0 Å². The molecule has 0 spiro atoms. The van der Waals surface area contributed by atoms with Gasteiger partial charge in [-0.25, -0.2) is 9.59 Å². The number of carboxylic acid groups (broad SMARTS) is 4. The fourth-order valence-corrected chi connectivity index (χ4v) is 11.9. The molecule has 1 aliphatic rings. The minimum atomic E-state index is -1.92. The number of rotatable bonds is 39. The number of methoxy groups -OCH3 is 1. The molecule has 0 radical (unpaired) electrons. The van der Waals surface area contributed by atoms with Crippen LogP contribution < -0.4 is 51.8 Å². The number of carbonyl (C=O) groups is 10. The number of aromatic amines is 1. The minimum Gasteiger partial charge on any atom is -0.493 e. The molecule has 1 aliphatic heterocycles. The molecule has 0 fully saturated rings. The quantitative estimate of drug-likeness (QED) is 0.00512. The van der Waals surface area contributed by atoms with Crippen molar-refractivity contribution in [2.75, 3.05) is 76.3 Å². The standard InChI is InChI=1S/C58H74ClN13O18S2/c1-70(2)18-19-88-46-22-36-37(28-63-39(36)23-45(46)87-3)55(83)72-29-32(27-59)51-35-12-5-4-11-34(35)44(26-43(51)72)90-58(86)89-20-21-91-92-31-42(56(84)85)67-54(82)41(25-50(78)79)66-52(80)38(13-9-16-62-57(60)61)65-53(81)40(24-49(76)77)64-47(73)14-6-7-17-71-30-33(68-69-71)10-8-15-48(74)75/h4-5,11-12,22-23,26,28,30,32,38,40-42,63H,6-10,13-21,24-25,27,29,31H2,1-3H3,(H,64,73)(H,65,81)(H,66,80)(H,67,82)(H,74,75)(H,76,77)(H,78,79)(H,84,85)(H4,60,61,62)/t32-,38+,40+,41+,42+/m1/s1. The van der Waals surface area contributed by atoms with Crippen molar-refractivity contribution in [3.63, 3.8) is 0 Å². The molecule has 34 heteroatoms. The van der Waals surface area contributed by atoms with Crippen molar-refractivity contribution in [3.8, 4) is 17.2 Å². The number of unbranched alkanes of at least 4 members (excludes halogenated alkanes) is 1. The number of ether oxygens (including phenoxy) is 4. The van der Waals surface area contributed by atoms with E-state index in [1.165, 1.54) is 11.8 Å². The summed E-state index contributed by atoms with van der Waals surface area (Å²) in [5.41, 5.74) is 13.7. The lowest BCUT2D eigenvalue weighted by molar-refractivity contribution is -0.143. The van der Waals surface area contributed by atoms with E-state index in [1.54, 1.807) is 47.6 Å². The third kappa shape index (κ3) is 21.5. The van der Waals surface area contributed by atoms with Crippen LogP contribution in [0, 0.1) is 0 Å². The van der Waals surface area contributed by atoms with Gasteiger partial charge < -0.3 is 86.9 Å². The lowest BCUT2D eigenvalue weighted by atomic mass is 9.95. The number of halogens is 1. The number of aryl methyl sites for hydroxylation is 2. The number of hydrogen-bond donors (Lipinski definition) is 11. The maximum atomic E-state index is 14.6. The minimum absolute atomic E-state index is 0.00446. The highest BCUT2D eigenvalue weighted by molar-refractivity contribution is 8.76. The van der Waals surface area contributed by atoms with E-state index >= 15 is 0 Å². The van der Waals surface area contributed by atoms with Gasteiger partial charge in [0.25, 0.3) is 5.91 Å². The van der Waals surface area contributed by atoms with Gasteiger partial charge in [-0.15, -0.1) is 16.7 Å². The Morgan fingerprint density at radius 1 is 0.793 bits per heavy atom. The zero-order valence-corrected chi connectivity index (χ0v) is 52.9. The summed E-state index contributed by atoms with van der Waals surface area (Å²) >= 11 is 6.56. The van der Waals surface area contributed by atoms with Crippen molar-refractivity contribution in [2.45, 2.75) is 101 Å². The van der Waals surface area contributed by atoms with Crippen LogP contribution in [0.5, 0.6) is 17.2 Å². The average Bonchev–Trinajstić information content (AvgIpc) is 1.56. The Hall–Kier alpha value is -9.08. The molecule has 2 aromatic heterocycles. The number of nitrogens with zero attached hydrogens (tertiary/aromatic N) is 6. The first-order chi connectivity index (χ1) is 44.0. The maximum Gasteiger partial charge on any atom is 0.513 e. The van der Waals surface area contributed by atoms with Gasteiger partial charge in [-0.05, 0) is 69.6 Å². The number of carboxylic acids is 4. The number of aromatic nitrogens is 4. The number of likely N-dealkylation sites (N-methyl/N-ethyl adjacent to an activating group) is 1. The number of amides is 5. The second kappa shape index (κ2) is 35.5. The van der Waals surface area contributed by atoms with E-state index < -0.39 is 90.7 Å². The summed E-state index contributed by atoms with van der Waals surface area (Å²) in [5, 5.41) is 57.3. The highest BCUT2D eigenvalue weighted by Crippen LogP contribution is 2.47. The Labute approximate surface area is 539 Å². The van der Waals surface area contributed by atoms with Crippen LogP contribution in [0.1, 0.15) is 85.3 Å². The van der Waals surface area contributed by atoms with Gasteiger partial charge in [-0.1, -0.05) is 51.1 Å². The van der Waals surface area contributed by atoms with Gasteiger partial charge in [-0.3, -0.25) is 48.0 Å². The van der Waals surface area contributed by atoms with Crippen LogP contribution >= 0.6 is 33.2 Å². The highest BCUT2D eigenvalue weighted by atomic mass is 35.5. The van der Waals surface area contributed by atoms with E-state index in [-0.39, 0.29) is 92.7 Å². The Balaban J connectivity index is 1.03. The molecule has 3 aromatic carbocycles. The topological polar surface area (TPSA) is 454 Å². The van der Waals surface area contributed by atoms with Crippen molar-refractivity contribution < 1.29 is 87.3 Å². The normalized spacial score (nSPS) is 13.9. The number of nitrogens with one attached hydrogen (secondary N) is 5. The number of alkyl halides is 1. The van der Waals surface area contributed by atoms with E-state index in [9.17, 15) is 63.3 Å². The Morgan fingerprint density at radius 3 is 2.14 bits per heavy atom. The third-order valence-electron chi connectivity index (χ3n) is 14.1. The van der Waals surface area contributed by atoms with Crippen LogP contribution in [0.15, 0.2) is 59.9 Å². The van der Waals surface area contributed by atoms with Crippen LogP contribution in [0.25, 0.3) is 21.7 Å². The van der Waals surface area contributed by atoms with Crippen molar-refractivity contribution in [1.29, 1.82) is 0 Å². The maximum absolute atomic E-state index is 14.6. The molecule has 0 unspecified atom stereocenters. The molecule has 0 bridgehead atoms. The van der Waals surface area contributed by atoms with E-state index in [0.717, 1.165) is 27.2 Å². The first-order valence-corrected chi connectivity index (χ1v) is 32.0. The summed E-state index contributed by atoms with van der Waals surface area (Å²) < 4.78 is 24.3. The number of anilines is 1. The average molecular weight is 1340 g/mol. The first-order valence-electron chi connectivity index (χ1n) is 29.0. The molecule has 5 atom stereocenters. The first kappa shape index (κ1) is 72.0. The fourth-order valence-electron chi connectivity index (χ4n) is 9.67. The molecular formula is C58H74ClN13O18S2. The zero-order valence-electron chi connectivity index (χ0n) is 50.6. The summed E-state index contributed by atoms with van der Waals surface area (Å²) in [6.07, 6.45) is 1.20. The second-order valence-electron chi connectivity index (χ2n) is 21.3. The Bertz CT molecular complexity index is 3490. The van der Waals surface area contributed by atoms with E-state index in [0.29, 0.717) is 89.1 Å². The smallest absolute Gasteiger partial charge is 0.493 e. The molecule has 0 saturated heterocycles. The Morgan fingerprint density at radius 2 is 1.48 bits per heavy atom. The van der Waals surface area contributed by atoms with Crippen molar-refractivity contribution >= 4 is 126 Å². The van der Waals surface area contributed by atoms with Crippen LogP contribution in [0.3, 0.4) is 0 Å². The van der Waals surface area contributed by atoms with Gasteiger partial charge in [-0.2, -0.15) is 0 Å². The second-order valence-corrected chi connectivity index (χ2v) is 24.2. The van der Waals surface area contributed by atoms with E-state index in [2.05, 4.69) is 41.6 Å². The van der Waals surface area contributed by atoms with Gasteiger partial charge in [0.1, 0.15) is 43.1 Å². The molecule has 5 amide bonds. The number of aliphatic carboxylic acids is 4. The molecule has 0 aliphatic carbocycles. The van der Waals surface area contributed by atoms with Crippen molar-refractivity contribution in [2.24, 2.45) is 16.5 Å². The lowest BCUT2D eigenvalue weighted by Crippen LogP contribution is -2.58. The number of hydrogen-bond acceptors (Lipinski definition) is 20. The van der Waals surface area contributed by atoms with Gasteiger partial charge in [0.15, 0.2) is 17.5 Å². The van der Waals surface area contributed by atoms with E-state index in [1.807, 2.05) is 31.1 Å². The number of H-pyrrole nitrogens is 1. The summed E-state index contributed by atoms with van der Waals surface area (Å²) in [5.74, 6) is -9.70. The van der Waals surface area contributed by atoms with Gasteiger partial charge in [0.05, 0.1) is 42.4 Å². The summed E-state index contributed by atoms with van der Waals surface area (Å²) in [7, 11) is 7.38. The monoisotopic (exact) mass is 1340 g/mol. The number of nitrogens with two attached hydrogens (primary N) is 2. The molecule has 5 aromatic rings. The predicted octanol–water partition coefficient (Wildman–Crippen LogP) is 3.05. The van der Waals surface area contributed by atoms with Crippen molar-refractivity contribution in [3.05, 3.63) is 71.7 Å². The Kier molecular flexibility index (Phi) is 27.8. The summed E-state index contributed by atoms with van der Waals surface area (Å²) in [6.45, 7) is 1.27. The fraction of sp³-hybridized carbons (Fsp3) is 0.466. The van der Waals surface area contributed by atoms with Crippen LogP contribution in [-0.2, 0) is 56.1 Å². The highest BCUT2D eigenvalue weighted by Gasteiger charge is 2.37. The van der Waals surface area contributed by atoms with Gasteiger partial charge in [0.2, 0.25) is 23.6 Å². The molecule has 31 nitrogen and oxygen atoms in total. The molecular weight excluding hydrogens is 1270 g/mol. The van der Waals surface area contributed by atoms with Crippen LogP contribution in [0.2, 0.25) is 0 Å². The molecule has 0 saturated carbocycles. The largest absolute Gasteiger partial charge is 0.513 e. The molecule has 92 heavy (non-hydrogen) atoms. The third-order valence-corrected chi connectivity index (χ3v) is 16.9. The molecule has 498 valence electrons. The number of guanidine groups is 1. The molecule has 3 heterocycles.